The molecule has 2 N–H and O–H groups in total. The van der Waals surface area contributed by atoms with Crippen molar-refractivity contribution in [2.45, 2.75) is 0 Å². The number of H-pyrrole nitrogens is 1. The average Bonchev–Trinajstić information content (AvgIpc) is 2.41. The van der Waals surface area contributed by atoms with E-state index >= 15 is 0 Å². The third-order valence-corrected chi connectivity index (χ3v) is 2.28. The zero-order valence-corrected chi connectivity index (χ0v) is 6.18. The van der Waals surface area contributed by atoms with Crippen LogP contribution >= 0.6 is 11.3 Å². The number of rotatable bonds is 1. The molecule has 0 bridgehead atoms. The lowest BCUT2D eigenvalue weighted by molar-refractivity contribution is 0.0699. The van der Waals surface area contributed by atoms with Gasteiger partial charge >= 0.3 is 5.97 Å². The lowest BCUT2D eigenvalue weighted by atomic mass is 10.3. The molecule has 2 aromatic heterocycles. The van der Waals surface area contributed by atoms with E-state index in [1.54, 1.807) is 5.38 Å². The molecule has 2 heterocycles. The van der Waals surface area contributed by atoms with Crippen LogP contribution in [-0.4, -0.2) is 21.0 Å². The molecule has 56 valence electrons. The third-order valence-electron chi connectivity index (χ3n) is 1.39. The van der Waals surface area contributed by atoms with E-state index in [9.17, 15) is 4.79 Å². The van der Waals surface area contributed by atoms with Gasteiger partial charge in [0.1, 0.15) is 4.83 Å². The van der Waals surface area contributed by atoms with Crippen molar-refractivity contribution in [1.29, 1.82) is 0 Å². The van der Waals surface area contributed by atoms with E-state index in [1.807, 2.05) is 0 Å². The fourth-order valence-corrected chi connectivity index (χ4v) is 1.74. The van der Waals surface area contributed by atoms with Crippen molar-refractivity contribution in [3.63, 3.8) is 0 Å². The Morgan fingerprint density at radius 3 is 3.27 bits per heavy atom. The van der Waals surface area contributed by atoms with E-state index in [1.165, 1.54) is 17.7 Å². The topological polar surface area (TPSA) is 66.0 Å². The zero-order chi connectivity index (χ0) is 7.84. The van der Waals surface area contributed by atoms with Crippen molar-refractivity contribution in [2.24, 2.45) is 0 Å². The van der Waals surface area contributed by atoms with Gasteiger partial charge in [0.25, 0.3) is 0 Å². The molecule has 2 aromatic rings. The van der Waals surface area contributed by atoms with Crippen molar-refractivity contribution >= 4 is 27.7 Å². The number of nitrogens with zero attached hydrogens (tertiary/aromatic N) is 1. The number of aromatic nitrogens is 2. The van der Waals surface area contributed by atoms with Crippen LogP contribution in [0.3, 0.4) is 0 Å². The predicted molar refractivity (Wildman–Crippen MR) is 40.9 cm³/mol. The van der Waals surface area contributed by atoms with Gasteiger partial charge in [-0.25, -0.2) is 9.78 Å². The summed E-state index contributed by atoms with van der Waals surface area (Å²) in [5.41, 5.74) is 0.907. The monoisotopic (exact) mass is 168 g/mol. The third kappa shape index (κ3) is 0.813. The predicted octanol–water partition coefficient (Wildman–Crippen LogP) is 1.32. The average molecular weight is 168 g/mol. The summed E-state index contributed by atoms with van der Waals surface area (Å²) >= 11 is 1.33. The summed E-state index contributed by atoms with van der Waals surface area (Å²) < 4.78 is 0. The van der Waals surface area contributed by atoms with Gasteiger partial charge in [0.15, 0.2) is 0 Å². The highest BCUT2D eigenvalue weighted by molar-refractivity contribution is 7.17. The maximum absolute atomic E-state index is 10.5. The molecule has 0 aromatic carbocycles. The Morgan fingerprint density at radius 1 is 1.73 bits per heavy atom. The van der Waals surface area contributed by atoms with Crippen LogP contribution in [-0.2, 0) is 0 Å². The molecule has 5 heteroatoms. The summed E-state index contributed by atoms with van der Waals surface area (Å²) in [5, 5.41) is 10.2. The molecule has 0 aliphatic carbocycles. The lowest BCUT2D eigenvalue weighted by Gasteiger charge is -1.83. The Labute approximate surface area is 65.5 Å². The highest BCUT2D eigenvalue weighted by Crippen LogP contribution is 2.21. The highest BCUT2D eigenvalue weighted by Gasteiger charge is 2.11. The fourth-order valence-electron chi connectivity index (χ4n) is 0.895. The van der Waals surface area contributed by atoms with E-state index in [4.69, 9.17) is 5.11 Å². The van der Waals surface area contributed by atoms with Gasteiger partial charge in [-0.1, -0.05) is 0 Å². The SMILES string of the molecule is O=C(O)c1csc2nc[nH]c12. The Kier molecular flexibility index (Phi) is 1.19. The summed E-state index contributed by atoms with van der Waals surface area (Å²) in [7, 11) is 0. The highest BCUT2D eigenvalue weighted by atomic mass is 32.1. The zero-order valence-electron chi connectivity index (χ0n) is 5.37. The van der Waals surface area contributed by atoms with Gasteiger partial charge < -0.3 is 10.1 Å². The van der Waals surface area contributed by atoms with E-state index in [0.717, 1.165) is 4.83 Å². The van der Waals surface area contributed by atoms with Crippen LogP contribution in [0.15, 0.2) is 11.7 Å². The molecular formula is C6H4N2O2S. The van der Waals surface area contributed by atoms with E-state index in [-0.39, 0.29) is 0 Å². The van der Waals surface area contributed by atoms with Crippen LogP contribution in [0.4, 0.5) is 0 Å². The molecule has 0 atom stereocenters. The number of carbonyl (C=O) groups is 1. The quantitative estimate of drug-likeness (QED) is 0.674. The minimum atomic E-state index is -0.916. The molecular weight excluding hydrogens is 164 g/mol. The van der Waals surface area contributed by atoms with Crippen molar-refractivity contribution in [1.82, 2.24) is 9.97 Å². The van der Waals surface area contributed by atoms with Crippen LogP contribution < -0.4 is 0 Å². The Morgan fingerprint density at radius 2 is 2.55 bits per heavy atom. The van der Waals surface area contributed by atoms with Crippen molar-refractivity contribution < 1.29 is 9.90 Å². The van der Waals surface area contributed by atoms with E-state index in [2.05, 4.69) is 9.97 Å². The Bertz CT molecular complexity index is 403. The molecule has 0 saturated carbocycles. The van der Waals surface area contributed by atoms with Crippen LogP contribution in [0.25, 0.3) is 10.3 Å². The van der Waals surface area contributed by atoms with Crippen molar-refractivity contribution in [3.8, 4) is 0 Å². The van der Waals surface area contributed by atoms with Gasteiger partial charge in [0, 0.05) is 5.38 Å². The number of aromatic amines is 1. The van der Waals surface area contributed by atoms with Crippen molar-refractivity contribution in [2.75, 3.05) is 0 Å². The van der Waals surface area contributed by atoms with Gasteiger partial charge in [-0.2, -0.15) is 0 Å². The molecule has 0 fully saturated rings. The van der Waals surface area contributed by atoms with E-state index < -0.39 is 5.97 Å². The van der Waals surface area contributed by atoms with E-state index in [0.29, 0.717) is 11.1 Å². The normalized spacial score (nSPS) is 10.5. The summed E-state index contributed by atoms with van der Waals surface area (Å²) in [4.78, 5) is 18.0. The van der Waals surface area contributed by atoms with Gasteiger partial charge in [0.2, 0.25) is 0 Å². The number of aromatic carboxylic acids is 1. The number of hydrogen-bond donors (Lipinski definition) is 2. The second kappa shape index (κ2) is 2.06. The summed E-state index contributed by atoms with van der Waals surface area (Å²) in [5.74, 6) is -0.916. The summed E-state index contributed by atoms with van der Waals surface area (Å²) in [6.45, 7) is 0. The second-order valence-electron chi connectivity index (χ2n) is 2.04. The molecule has 2 rings (SSSR count). The molecule has 0 aliphatic rings. The number of fused-ring (bicyclic) bond motifs is 1. The number of thiophene rings is 1. The van der Waals surface area contributed by atoms with Gasteiger partial charge in [-0.3, -0.25) is 0 Å². The van der Waals surface area contributed by atoms with Gasteiger partial charge in [-0.05, 0) is 0 Å². The molecule has 11 heavy (non-hydrogen) atoms. The molecule has 4 nitrogen and oxygen atoms in total. The molecule has 0 spiro atoms. The summed E-state index contributed by atoms with van der Waals surface area (Å²) in [6, 6.07) is 0. The first kappa shape index (κ1) is 6.36. The first-order valence-electron chi connectivity index (χ1n) is 2.93. The standard InChI is InChI=1S/C6H4N2O2S/c9-6(10)3-1-11-5-4(3)7-2-8-5/h1-2H,(H,7,8)(H,9,10). The fraction of sp³-hybridized carbons (Fsp3) is 0. The Hall–Kier alpha value is -1.36. The number of hydrogen-bond acceptors (Lipinski definition) is 3. The smallest absolute Gasteiger partial charge is 0.338 e. The molecule has 0 aliphatic heterocycles. The Balaban J connectivity index is 2.78. The van der Waals surface area contributed by atoms with Crippen LogP contribution in [0.2, 0.25) is 0 Å². The first-order chi connectivity index (χ1) is 5.29. The molecule has 0 unspecified atom stereocenters. The maximum Gasteiger partial charge on any atom is 0.338 e. The van der Waals surface area contributed by atoms with Crippen molar-refractivity contribution in [3.05, 3.63) is 17.3 Å². The summed E-state index contributed by atoms with van der Waals surface area (Å²) in [6.07, 6.45) is 1.49. The largest absolute Gasteiger partial charge is 0.478 e. The van der Waals surface area contributed by atoms with Crippen LogP contribution in [0.1, 0.15) is 10.4 Å². The number of nitrogens with one attached hydrogen (secondary N) is 1. The minimum Gasteiger partial charge on any atom is -0.478 e. The number of carboxylic acids is 1. The second-order valence-corrected chi connectivity index (χ2v) is 2.90. The molecule has 0 amide bonds. The molecule has 0 saturated heterocycles. The van der Waals surface area contributed by atoms with Crippen LogP contribution in [0, 0.1) is 0 Å². The molecule has 0 radical (unpaired) electrons. The number of imidazole rings is 1. The van der Waals surface area contributed by atoms with Gasteiger partial charge in [0.05, 0.1) is 17.4 Å². The lowest BCUT2D eigenvalue weighted by Crippen LogP contribution is -1.93. The first-order valence-corrected chi connectivity index (χ1v) is 3.81. The van der Waals surface area contributed by atoms with Gasteiger partial charge in [-0.15, -0.1) is 11.3 Å². The van der Waals surface area contributed by atoms with Crippen LogP contribution in [0.5, 0.6) is 0 Å². The minimum absolute atomic E-state index is 0.294. The number of carboxylic acid groups (broad SMARTS) is 1. The maximum atomic E-state index is 10.5.